The van der Waals surface area contributed by atoms with Crippen molar-refractivity contribution in [3.05, 3.63) is 0 Å². The minimum atomic E-state index is -1.83. The van der Waals surface area contributed by atoms with Crippen LogP contribution in [0.2, 0.25) is 0 Å². The second-order valence-electron chi connectivity index (χ2n) is 0.464. The smallest absolute Gasteiger partial charge is 0.486 e. The number of carbonyl (C=O) groups excluding carboxylic acids is 2. The van der Waals surface area contributed by atoms with Crippen LogP contribution in [0.3, 0.4) is 0 Å². The van der Waals surface area contributed by atoms with Crippen LogP contribution in [0.1, 0.15) is 0 Å². The van der Waals surface area contributed by atoms with Crippen LogP contribution >= 0.6 is 0 Å². The predicted molar refractivity (Wildman–Crippen MR) is 12.5 cm³/mol. The van der Waals surface area contributed by atoms with E-state index in [1.54, 1.807) is 0 Å². The van der Waals surface area contributed by atoms with Gasteiger partial charge < -0.3 is 14.6 Å². The molecule has 4 nitrogen and oxygen atoms in total. The zero-order chi connectivity index (χ0) is 4.99. The van der Waals surface area contributed by atoms with E-state index in [4.69, 9.17) is 14.7 Å². The number of rotatable bonds is 1. The van der Waals surface area contributed by atoms with Crippen LogP contribution in [-0.4, -0.2) is 12.6 Å². The summed E-state index contributed by atoms with van der Waals surface area (Å²) in [5.41, 5.74) is 0. The molecule has 0 unspecified atom stereocenters. The van der Waals surface area contributed by atoms with Gasteiger partial charge in [0.15, 0.2) is 0 Å². The summed E-state index contributed by atoms with van der Waals surface area (Å²) in [5.74, 6) is 0. The first-order chi connectivity index (χ1) is 2.77. The fraction of sp³-hybridized carbons (Fsp3) is 0. The number of hydrogen-bond donors (Lipinski definition) is 0. The Kier molecular flexibility index (Phi) is 9.90. The Labute approximate surface area is 82.3 Å². The molecule has 0 atom stereocenters. The zero-order valence-corrected chi connectivity index (χ0v) is 6.83. The molecule has 0 aromatic heterocycles. The van der Waals surface area contributed by atoms with Crippen molar-refractivity contribution in [2.45, 2.75) is 0 Å². The molecule has 5 heteroatoms. The van der Waals surface area contributed by atoms with Gasteiger partial charge in [-0.25, -0.2) is 0 Å². The molecule has 0 aromatic carbocycles. The summed E-state index contributed by atoms with van der Waals surface area (Å²) in [5, 5.41) is 9.03. The van der Waals surface area contributed by atoms with Crippen molar-refractivity contribution in [2.75, 3.05) is 0 Å². The molecule has 0 spiro atoms. The third-order valence-corrected chi connectivity index (χ3v) is 0.144. The number of hydrogen-bond acceptors (Lipinski definition) is 4. The molecule has 0 bridgehead atoms. The monoisotopic (exact) mass is 128 g/mol. The van der Waals surface area contributed by atoms with Gasteiger partial charge in [-0.2, -0.15) is 0 Å². The predicted octanol–water partition coefficient (Wildman–Crippen LogP) is -4.49. The summed E-state index contributed by atoms with van der Waals surface area (Å²) >= 11 is 0. The number of carbonyl (C=O) groups is 2. The molecule has 0 amide bonds. The van der Waals surface area contributed by atoms with E-state index in [9.17, 15) is 0 Å². The summed E-state index contributed by atoms with van der Waals surface area (Å²) in [7, 11) is 0. The average Bonchev–Trinajstić information content (AvgIpc) is 1.35. The fourth-order valence-corrected chi connectivity index (χ4v) is 0.0393. The fourth-order valence-electron chi connectivity index (χ4n) is 0.0393. The Hall–Kier alpha value is 0.576. The van der Waals surface area contributed by atoms with E-state index in [1.165, 1.54) is 0 Å². The molecule has 7 heavy (non-hydrogen) atoms. The van der Waals surface area contributed by atoms with Crippen LogP contribution in [0.25, 0.3) is 0 Å². The molecule has 0 aliphatic rings. The van der Waals surface area contributed by atoms with E-state index < -0.39 is 6.16 Å². The van der Waals surface area contributed by atoms with Crippen LogP contribution in [0.4, 0.5) is 4.79 Å². The van der Waals surface area contributed by atoms with Gasteiger partial charge in [0, 0.05) is 0 Å². The molecule has 34 valence electrons. The molecule has 0 aromatic rings. The molecule has 0 heterocycles. The van der Waals surface area contributed by atoms with Gasteiger partial charge in [-0.15, -0.1) is 0 Å². The number of ether oxygens (including phenoxy) is 1. The minimum absolute atomic E-state index is 0. The van der Waals surface area contributed by atoms with Crippen LogP contribution < -0.4 is 56.5 Å². The molecule has 0 aliphatic heterocycles. The van der Waals surface area contributed by atoms with Crippen molar-refractivity contribution in [2.24, 2.45) is 0 Å². The summed E-state index contributed by atoms with van der Waals surface area (Å²) in [6.07, 6.45) is -1.83. The third-order valence-electron chi connectivity index (χ3n) is 0.144. The first-order valence-electron chi connectivity index (χ1n) is 1.08. The van der Waals surface area contributed by atoms with Crippen molar-refractivity contribution in [3.63, 3.8) is 0 Å². The SMILES string of the molecule is O=COC(=O)[O-].[K+]. The Morgan fingerprint density at radius 2 is 2.14 bits per heavy atom. The normalized spacial score (nSPS) is 5.71. The Morgan fingerprint density at radius 1 is 1.71 bits per heavy atom. The maximum atomic E-state index is 9.03. The molecule has 0 rings (SSSR count). The van der Waals surface area contributed by atoms with E-state index in [2.05, 4.69) is 4.74 Å². The Bertz CT molecular complexity index is 70.1. The quantitative estimate of drug-likeness (QED) is 0.154. The van der Waals surface area contributed by atoms with Gasteiger partial charge in [0.25, 0.3) is 6.16 Å². The molecule has 0 aliphatic carbocycles. The molecule has 0 radical (unpaired) electrons. The summed E-state index contributed by atoms with van der Waals surface area (Å²) < 4.78 is 3.17. The summed E-state index contributed by atoms with van der Waals surface area (Å²) in [6, 6.07) is 0. The van der Waals surface area contributed by atoms with Crippen molar-refractivity contribution in [3.8, 4) is 0 Å². The average molecular weight is 128 g/mol. The molecular formula is C2HKO4. The summed E-state index contributed by atoms with van der Waals surface area (Å²) in [6.45, 7) is -0.213. The van der Waals surface area contributed by atoms with Gasteiger partial charge in [-0.05, 0) is 0 Å². The van der Waals surface area contributed by atoms with Gasteiger partial charge in [0.2, 0.25) is 6.47 Å². The maximum Gasteiger partial charge on any atom is 1.00 e. The van der Waals surface area contributed by atoms with Crippen molar-refractivity contribution < 1.29 is 70.8 Å². The Balaban J connectivity index is 0. The van der Waals surface area contributed by atoms with Crippen LogP contribution in [0, 0.1) is 0 Å². The van der Waals surface area contributed by atoms with Gasteiger partial charge in [-0.1, -0.05) is 0 Å². The van der Waals surface area contributed by atoms with Crippen molar-refractivity contribution in [1.29, 1.82) is 0 Å². The van der Waals surface area contributed by atoms with Crippen LogP contribution in [0.5, 0.6) is 0 Å². The molecule has 0 saturated heterocycles. The molecule has 0 N–H and O–H groups in total. The molecule has 0 fully saturated rings. The Morgan fingerprint density at radius 3 is 2.14 bits per heavy atom. The van der Waals surface area contributed by atoms with Gasteiger partial charge >= 0.3 is 51.4 Å². The van der Waals surface area contributed by atoms with Gasteiger partial charge in [0.05, 0.1) is 0 Å². The second kappa shape index (κ2) is 6.58. The first kappa shape index (κ1) is 10.5. The largest absolute Gasteiger partial charge is 1.00 e. The number of carboxylic acid groups (broad SMARTS) is 1. The standard InChI is InChI=1S/C2H2O4.K/c3-1-6-2(4)5;/h1H,(H,4,5);/q;+1/p-1. The summed E-state index contributed by atoms with van der Waals surface area (Å²) in [4.78, 5) is 18.0. The van der Waals surface area contributed by atoms with Crippen molar-refractivity contribution >= 4 is 12.6 Å². The maximum absolute atomic E-state index is 9.03. The zero-order valence-electron chi connectivity index (χ0n) is 3.71. The minimum Gasteiger partial charge on any atom is -0.486 e. The van der Waals surface area contributed by atoms with E-state index in [0.717, 1.165) is 0 Å². The van der Waals surface area contributed by atoms with Crippen LogP contribution in [-0.2, 0) is 9.53 Å². The first-order valence-corrected chi connectivity index (χ1v) is 1.08. The van der Waals surface area contributed by atoms with E-state index in [1.807, 2.05) is 0 Å². The van der Waals surface area contributed by atoms with Gasteiger partial charge in [-0.3, -0.25) is 4.79 Å². The van der Waals surface area contributed by atoms with Crippen molar-refractivity contribution in [1.82, 2.24) is 0 Å². The second-order valence-corrected chi connectivity index (χ2v) is 0.464. The van der Waals surface area contributed by atoms with E-state index in [-0.39, 0.29) is 57.9 Å². The van der Waals surface area contributed by atoms with E-state index >= 15 is 0 Å². The van der Waals surface area contributed by atoms with Gasteiger partial charge in [0.1, 0.15) is 0 Å². The molecule has 0 saturated carbocycles. The van der Waals surface area contributed by atoms with E-state index in [0.29, 0.717) is 0 Å². The third kappa shape index (κ3) is 10.8. The van der Waals surface area contributed by atoms with Crippen LogP contribution in [0.15, 0.2) is 0 Å². The topological polar surface area (TPSA) is 66.4 Å². The molecular weight excluding hydrogens is 127 g/mol.